The standard InChI is InChI=1S/C11H10Cl2N4/c1-15-9-5-8(16-11(14)17-9)6-3-2-4-7(12)10(6)13/h2-5H,1H3,(H3,14,15,16,17). The van der Waals surface area contributed by atoms with Crippen molar-refractivity contribution in [3.63, 3.8) is 0 Å². The maximum absolute atomic E-state index is 6.12. The largest absolute Gasteiger partial charge is 0.373 e. The van der Waals surface area contributed by atoms with Gasteiger partial charge in [-0.2, -0.15) is 4.98 Å². The molecule has 0 radical (unpaired) electrons. The van der Waals surface area contributed by atoms with E-state index in [4.69, 9.17) is 28.9 Å². The Labute approximate surface area is 109 Å². The first-order valence-corrected chi connectivity index (χ1v) is 5.64. The number of anilines is 2. The van der Waals surface area contributed by atoms with Gasteiger partial charge in [-0.05, 0) is 6.07 Å². The number of hydrogen-bond donors (Lipinski definition) is 2. The first-order chi connectivity index (χ1) is 8.11. The third kappa shape index (κ3) is 2.43. The Kier molecular flexibility index (Phi) is 3.36. The number of nitrogens with one attached hydrogen (secondary N) is 1. The number of benzene rings is 1. The zero-order valence-electron chi connectivity index (χ0n) is 9.04. The number of halogens is 2. The van der Waals surface area contributed by atoms with Gasteiger partial charge in [0, 0.05) is 18.7 Å². The summed E-state index contributed by atoms with van der Waals surface area (Å²) < 4.78 is 0. The molecule has 17 heavy (non-hydrogen) atoms. The summed E-state index contributed by atoms with van der Waals surface area (Å²) in [4.78, 5) is 8.15. The van der Waals surface area contributed by atoms with Crippen molar-refractivity contribution in [2.75, 3.05) is 18.1 Å². The van der Waals surface area contributed by atoms with Crippen molar-refractivity contribution >= 4 is 35.0 Å². The Balaban J connectivity index is 2.60. The number of aromatic nitrogens is 2. The molecule has 0 amide bonds. The molecule has 0 aliphatic heterocycles. The van der Waals surface area contributed by atoms with Gasteiger partial charge in [0.15, 0.2) is 0 Å². The maximum Gasteiger partial charge on any atom is 0.222 e. The molecule has 0 unspecified atom stereocenters. The molecule has 1 aromatic carbocycles. The Morgan fingerprint density at radius 1 is 1.24 bits per heavy atom. The van der Waals surface area contributed by atoms with E-state index < -0.39 is 0 Å². The summed E-state index contributed by atoms with van der Waals surface area (Å²) in [7, 11) is 1.76. The molecule has 0 saturated heterocycles. The van der Waals surface area contributed by atoms with Crippen LogP contribution in [0.3, 0.4) is 0 Å². The SMILES string of the molecule is CNc1cc(-c2cccc(Cl)c2Cl)nc(N)n1. The van der Waals surface area contributed by atoms with Gasteiger partial charge in [-0.25, -0.2) is 4.98 Å². The van der Waals surface area contributed by atoms with Crippen molar-refractivity contribution in [1.82, 2.24) is 9.97 Å². The summed E-state index contributed by atoms with van der Waals surface area (Å²) in [6, 6.07) is 7.11. The van der Waals surface area contributed by atoms with Crippen molar-refractivity contribution in [1.29, 1.82) is 0 Å². The van der Waals surface area contributed by atoms with Crippen LogP contribution in [0.5, 0.6) is 0 Å². The fourth-order valence-corrected chi connectivity index (χ4v) is 1.83. The van der Waals surface area contributed by atoms with Gasteiger partial charge in [0.25, 0.3) is 0 Å². The van der Waals surface area contributed by atoms with E-state index in [9.17, 15) is 0 Å². The zero-order valence-corrected chi connectivity index (χ0v) is 10.5. The highest BCUT2D eigenvalue weighted by Gasteiger charge is 2.10. The average molecular weight is 269 g/mol. The molecule has 2 rings (SSSR count). The van der Waals surface area contributed by atoms with Crippen LogP contribution >= 0.6 is 23.2 Å². The molecule has 88 valence electrons. The maximum atomic E-state index is 6.12. The predicted molar refractivity (Wildman–Crippen MR) is 71.4 cm³/mol. The Hall–Kier alpha value is -1.52. The zero-order chi connectivity index (χ0) is 12.4. The van der Waals surface area contributed by atoms with Crippen molar-refractivity contribution in [3.8, 4) is 11.3 Å². The normalized spacial score (nSPS) is 10.3. The molecule has 0 bridgehead atoms. The van der Waals surface area contributed by atoms with Crippen LogP contribution in [0.25, 0.3) is 11.3 Å². The fourth-order valence-electron chi connectivity index (χ4n) is 1.43. The van der Waals surface area contributed by atoms with Gasteiger partial charge in [0.2, 0.25) is 5.95 Å². The van der Waals surface area contributed by atoms with E-state index in [0.29, 0.717) is 21.6 Å². The summed E-state index contributed by atoms with van der Waals surface area (Å²) in [5, 5.41) is 3.84. The molecule has 0 atom stereocenters. The summed E-state index contributed by atoms with van der Waals surface area (Å²) in [6.45, 7) is 0. The van der Waals surface area contributed by atoms with Gasteiger partial charge in [-0.3, -0.25) is 0 Å². The smallest absolute Gasteiger partial charge is 0.222 e. The number of nitrogens with two attached hydrogens (primary N) is 1. The molecule has 0 spiro atoms. The molecule has 2 aromatic rings. The van der Waals surface area contributed by atoms with E-state index >= 15 is 0 Å². The second-order valence-corrected chi connectivity index (χ2v) is 4.13. The van der Waals surface area contributed by atoms with Crippen LogP contribution in [-0.4, -0.2) is 17.0 Å². The van der Waals surface area contributed by atoms with E-state index in [2.05, 4.69) is 15.3 Å². The van der Waals surface area contributed by atoms with Crippen LogP contribution in [0.2, 0.25) is 10.0 Å². The second kappa shape index (κ2) is 4.77. The molecule has 6 heteroatoms. The van der Waals surface area contributed by atoms with Crippen LogP contribution in [-0.2, 0) is 0 Å². The molecule has 0 aliphatic carbocycles. The van der Waals surface area contributed by atoms with Gasteiger partial charge in [-0.1, -0.05) is 35.3 Å². The number of rotatable bonds is 2. The lowest BCUT2D eigenvalue weighted by molar-refractivity contribution is 1.18. The fraction of sp³-hybridized carbons (Fsp3) is 0.0909. The highest BCUT2D eigenvalue weighted by molar-refractivity contribution is 6.43. The summed E-state index contributed by atoms with van der Waals surface area (Å²) in [5.41, 5.74) is 6.98. The molecule has 0 aliphatic rings. The van der Waals surface area contributed by atoms with Gasteiger partial charge < -0.3 is 11.1 Å². The summed E-state index contributed by atoms with van der Waals surface area (Å²) in [6.07, 6.45) is 0. The minimum absolute atomic E-state index is 0.183. The molecule has 0 saturated carbocycles. The topological polar surface area (TPSA) is 63.8 Å². The molecule has 3 N–H and O–H groups in total. The number of nitrogen functional groups attached to an aromatic ring is 1. The quantitative estimate of drug-likeness (QED) is 0.879. The van der Waals surface area contributed by atoms with E-state index in [1.165, 1.54) is 0 Å². The summed E-state index contributed by atoms with van der Waals surface area (Å²) >= 11 is 12.1. The van der Waals surface area contributed by atoms with Gasteiger partial charge in [0.1, 0.15) is 5.82 Å². The van der Waals surface area contributed by atoms with Crippen LogP contribution in [0.15, 0.2) is 24.3 Å². The van der Waals surface area contributed by atoms with Crippen molar-refractivity contribution in [2.24, 2.45) is 0 Å². The van der Waals surface area contributed by atoms with Gasteiger partial charge >= 0.3 is 0 Å². The molecular weight excluding hydrogens is 259 g/mol. The van der Waals surface area contributed by atoms with Crippen LogP contribution in [0, 0.1) is 0 Å². The molecule has 4 nitrogen and oxygen atoms in total. The van der Waals surface area contributed by atoms with Crippen LogP contribution < -0.4 is 11.1 Å². The third-order valence-corrected chi connectivity index (χ3v) is 3.05. The second-order valence-electron chi connectivity index (χ2n) is 3.35. The summed E-state index contributed by atoms with van der Waals surface area (Å²) in [5.74, 6) is 0.812. The Morgan fingerprint density at radius 3 is 2.71 bits per heavy atom. The van der Waals surface area contributed by atoms with E-state index in [0.717, 1.165) is 5.56 Å². The lowest BCUT2D eigenvalue weighted by Gasteiger charge is -2.07. The molecule has 0 fully saturated rings. The van der Waals surface area contributed by atoms with Gasteiger partial charge in [-0.15, -0.1) is 0 Å². The van der Waals surface area contributed by atoms with E-state index in [1.807, 2.05) is 6.07 Å². The van der Waals surface area contributed by atoms with Crippen LogP contribution in [0.4, 0.5) is 11.8 Å². The molecule has 1 aromatic heterocycles. The minimum Gasteiger partial charge on any atom is -0.373 e. The number of hydrogen-bond acceptors (Lipinski definition) is 4. The first kappa shape index (κ1) is 12.0. The van der Waals surface area contributed by atoms with Gasteiger partial charge in [0.05, 0.1) is 15.7 Å². The Morgan fingerprint density at radius 2 is 2.00 bits per heavy atom. The van der Waals surface area contributed by atoms with Crippen molar-refractivity contribution in [3.05, 3.63) is 34.3 Å². The van der Waals surface area contributed by atoms with E-state index in [1.54, 1.807) is 25.2 Å². The highest BCUT2D eigenvalue weighted by Crippen LogP contribution is 2.33. The van der Waals surface area contributed by atoms with Crippen molar-refractivity contribution < 1.29 is 0 Å². The molecule has 1 heterocycles. The Bertz CT molecular complexity index is 557. The number of nitrogens with zero attached hydrogens (tertiary/aromatic N) is 2. The van der Waals surface area contributed by atoms with Crippen molar-refractivity contribution in [2.45, 2.75) is 0 Å². The molecular formula is C11H10Cl2N4. The van der Waals surface area contributed by atoms with Crippen LogP contribution in [0.1, 0.15) is 0 Å². The first-order valence-electron chi connectivity index (χ1n) is 4.88. The third-order valence-electron chi connectivity index (χ3n) is 2.23. The lowest BCUT2D eigenvalue weighted by atomic mass is 10.1. The highest BCUT2D eigenvalue weighted by atomic mass is 35.5. The predicted octanol–water partition coefficient (Wildman–Crippen LogP) is 3.07. The minimum atomic E-state index is 0.183. The van der Waals surface area contributed by atoms with E-state index in [-0.39, 0.29) is 5.95 Å². The average Bonchev–Trinajstić information content (AvgIpc) is 2.31. The monoisotopic (exact) mass is 268 g/mol. The lowest BCUT2D eigenvalue weighted by Crippen LogP contribution is -2.01.